The average molecular weight is 126 g/mol. The fourth-order valence-corrected chi connectivity index (χ4v) is 0.687. The lowest BCUT2D eigenvalue weighted by molar-refractivity contribution is 0.289. The second-order valence-electron chi connectivity index (χ2n) is 2.04. The second kappa shape index (κ2) is 2.31. The maximum Gasteiger partial charge on any atom is 0.148 e. The highest BCUT2D eigenvalue weighted by atomic mass is 19.1. The van der Waals surface area contributed by atoms with Gasteiger partial charge in [0.2, 0.25) is 0 Å². The molecule has 0 bridgehead atoms. The topological polar surface area (TPSA) is 26.0 Å². The van der Waals surface area contributed by atoms with Crippen LogP contribution in [0.5, 0.6) is 0 Å². The minimum atomic E-state index is -1.39. The first kappa shape index (κ1) is 6.49. The molecular formula is C7H9FN. The van der Waals surface area contributed by atoms with Crippen molar-refractivity contribution in [3.05, 3.63) is 30.7 Å². The molecule has 9 heavy (non-hydrogen) atoms. The van der Waals surface area contributed by atoms with E-state index < -0.39 is 5.67 Å². The van der Waals surface area contributed by atoms with Gasteiger partial charge in [-0.05, 0) is 6.08 Å². The van der Waals surface area contributed by atoms with Crippen LogP contribution in [0.25, 0.3) is 0 Å². The molecule has 1 aliphatic rings. The molecule has 1 rings (SSSR count). The summed E-state index contributed by atoms with van der Waals surface area (Å²) in [6.45, 7) is 0.0217. The summed E-state index contributed by atoms with van der Waals surface area (Å²) < 4.78 is 13.0. The van der Waals surface area contributed by atoms with Gasteiger partial charge in [-0.2, -0.15) is 0 Å². The van der Waals surface area contributed by atoms with E-state index in [1.54, 1.807) is 18.2 Å². The van der Waals surface area contributed by atoms with Crippen molar-refractivity contribution in [2.75, 3.05) is 6.54 Å². The number of alkyl halides is 1. The summed E-state index contributed by atoms with van der Waals surface area (Å²) in [7, 11) is 0. The SMILES string of the molecule is NCC1(F)[CH]C=CC=C1. The fraction of sp³-hybridized carbons (Fsp3) is 0.286. The average Bonchev–Trinajstić information content (AvgIpc) is 1.90. The quantitative estimate of drug-likeness (QED) is 0.557. The van der Waals surface area contributed by atoms with Gasteiger partial charge in [0.1, 0.15) is 5.67 Å². The lowest BCUT2D eigenvalue weighted by Gasteiger charge is -2.18. The molecular weight excluding hydrogens is 117 g/mol. The zero-order valence-electron chi connectivity index (χ0n) is 5.05. The lowest BCUT2D eigenvalue weighted by Crippen LogP contribution is -2.31. The molecule has 49 valence electrons. The molecule has 0 amide bonds. The summed E-state index contributed by atoms with van der Waals surface area (Å²) in [6.07, 6.45) is 7.99. The number of nitrogens with two attached hydrogens (primary N) is 1. The summed E-state index contributed by atoms with van der Waals surface area (Å²) in [5.41, 5.74) is 3.75. The smallest absolute Gasteiger partial charge is 0.148 e. The Hall–Kier alpha value is -0.630. The second-order valence-corrected chi connectivity index (χ2v) is 2.04. The first-order valence-corrected chi connectivity index (χ1v) is 2.86. The molecule has 0 aromatic rings. The molecule has 0 saturated carbocycles. The predicted octanol–water partition coefficient (Wildman–Crippen LogP) is 0.984. The zero-order valence-corrected chi connectivity index (χ0v) is 5.05. The lowest BCUT2D eigenvalue weighted by atomic mass is 9.98. The van der Waals surface area contributed by atoms with Crippen molar-refractivity contribution >= 4 is 0 Å². The number of hydrogen-bond acceptors (Lipinski definition) is 1. The first-order valence-electron chi connectivity index (χ1n) is 2.86. The van der Waals surface area contributed by atoms with Crippen LogP contribution in [-0.4, -0.2) is 12.2 Å². The third kappa shape index (κ3) is 1.39. The number of hydrogen-bond donors (Lipinski definition) is 1. The van der Waals surface area contributed by atoms with E-state index in [0.29, 0.717) is 0 Å². The monoisotopic (exact) mass is 126 g/mol. The van der Waals surface area contributed by atoms with Gasteiger partial charge in [0.25, 0.3) is 0 Å². The standard InChI is InChI=1S/C7H9FN/c8-7(6-9)4-2-1-3-5-7/h1-5H,6,9H2. The molecule has 0 saturated heterocycles. The van der Waals surface area contributed by atoms with Gasteiger partial charge in [-0.3, -0.25) is 0 Å². The van der Waals surface area contributed by atoms with Crippen LogP contribution in [-0.2, 0) is 0 Å². The Kier molecular flexibility index (Phi) is 1.67. The molecule has 0 heterocycles. The summed E-state index contributed by atoms with van der Waals surface area (Å²) in [6, 6.07) is 0. The van der Waals surface area contributed by atoms with Crippen LogP contribution in [0, 0.1) is 6.42 Å². The highest BCUT2D eigenvalue weighted by molar-refractivity contribution is 5.27. The van der Waals surface area contributed by atoms with Gasteiger partial charge in [-0.25, -0.2) is 4.39 Å². The Morgan fingerprint density at radius 1 is 1.33 bits per heavy atom. The Morgan fingerprint density at radius 2 is 2.11 bits per heavy atom. The Morgan fingerprint density at radius 3 is 2.44 bits per heavy atom. The van der Waals surface area contributed by atoms with Gasteiger partial charge in [-0.15, -0.1) is 0 Å². The Labute approximate surface area is 54.0 Å². The first-order chi connectivity index (χ1) is 4.27. The van der Waals surface area contributed by atoms with Gasteiger partial charge < -0.3 is 5.73 Å². The van der Waals surface area contributed by atoms with Crippen molar-refractivity contribution in [1.29, 1.82) is 0 Å². The van der Waals surface area contributed by atoms with Gasteiger partial charge >= 0.3 is 0 Å². The van der Waals surface area contributed by atoms with Gasteiger partial charge in [-0.1, -0.05) is 18.2 Å². The van der Waals surface area contributed by atoms with Crippen LogP contribution < -0.4 is 5.73 Å². The van der Waals surface area contributed by atoms with E-state index in [1.165, 1.54) is 12.5 Å². The fourth-order valence-electron chi connectivity index (χ4n) is 0.687. The maximum atomic E-state index is 13.0. The number of rotatable bonds is 1. The largest absolute Gasteiger partial charge is 0.327 e. The van der Waals surface area contributed by atoms with Crippen LogP contribution in [0.4, 0.5) is 4.39 Å². The molecule has 1 unspecified atom stereocenters. The van der Waals surface area contributed by atoms with Gasteiger partial charge in [0, 0.05) is 13.0 Å². The van der Waals surface area contributed by atoms with Gasteiger partial charge in [0.05, 0.1) is 0 Å². The van der Waals surface area contributed by atoms with E-state index in [-0.39, 0.29) is 6.54 Å². The number of allylic oxidation sites excluding steroid dienone is 3. The molecule has 1 radical (unpaired) electrons. The van der Waals surface area contributed by atoms with Crippen molar-refractivity contribution in [3.8, 4) is 0 Å². The Bertz CT molecular complexity index is 151. The molecule has 0 aliphatic heterocycles. The number of halogens is 1. The molecule has 1 atom stereocenters. The van der Waals surface area contributed by atoms with Crippen molar-refractivity contribution < 1.29 is 4.39 Å². The van der Waals surface area contributed by atoms with Crippen LogP contribution >= 0.6 is 0 Å². The zero-order chi connectivity index (χ0) is 6.74. The minimum Gasteiger partial charge on any atom is -0.327 e. The van der Waals surface area contributed by atoms with E-state index in [4.69, 9.17) is 5.73 Å². The molecule has 2 N–H and O–H groups in total. The van der Waals surface area contributed by atoms with E-state index in [1.807, 2.05) is 0 Å². The third-order valence-corrected chi connectivity index (χ3v) is 1.28. The van der Waals surface area contributed by atoms with E-state index in [0.717, 1.165) is 0 Å². The third-order valence-electron chi connectivity index (χ3n) is 1.28. The summed E-state index contributed by atoms with van der Waals surface area (Å²) >= 11 is 0. The van der Waals surface area contributed by atoms with Crippen molar-refractivity contribution in [2.45, 2.75) is 5.67 Å². The van der Waals surface area contributed by atoms with Crippen LogP contribution in [0.3, 0.4) is 0 Å². The van der Waals surface area contributed by atoms with Crippen LogP contribution in [0.2, 0.25) is 0 Å². The van der Waals surface area contributed by atoms with Crippen molar-refractivity contribution in [2.24, 2.45) is 5.73 Å². The highest BCUT2D eigenvalue weighted by Crippen LogP contribution is 2.19. The van der Waals surface area contributed by atoms with Crippen LogP contribution in [0.1, 0.15) is 0 Å². The molecule has 0 spiro atoms. The maximum absolute atomic E-state index is 13.0. The molecule has 2 heteroatoms. The summed E-state index contributed by atoms with van der Waals surface area (Å²) in [4.78, 5) is 0. The van der Waals surface area contributed by atoms with E-state index in [2.05, 4.69) is 0 Å². The molecule has 0 aromatic carbocycles. The van der Waals surface area contributed by atoms with E-state index in [9.17, 15) is 4.39 Å². The molecule has 0 fully saturated rings. The van der Waals surface area contributed by atoms with Crippen LogP contribution in [0.15, 0.2) is 24.3 Å². The minimum absolute atomic E-state index is 0.0217. The normalized spacial score (nSPS) is 33.1. The van der Waals surface area contributed by atoms with Gasteiger partial charge in [0.15, 0.2) is 0 Å². The highest BCUT2D eigenvalue weighted by Gasteiger charge is 2.23. The molecule has 0 aromatic heterocycles. The predicted molar refractivity (Wildman–Crippen MR) is 35.5 cm³/mol. The molecule has 1 nitrogen and oxygen atoms in total. The van der Waals surface area contributed by atoms with Crippen molar-refractivity contribution in [3.63, 3.8) is 0 Å². The summed E-state index contributed by atoms with van der Waals surface area (Å²) in [5, 5.41) is 0. The van der Waals surface area contributed by atoms with E-state index >= 15 is 0 Å². The Balaban J connectivity index is 2.63. The summed E-state index contributed by atoms with van der Waals surface area (Å²) in [5.74, 6) is 0. The van der Waals surface area contributed by atoms with Crippen molar-refractivity contribution in [1.82, 2.24) is 0 Å². The molecule has 1 aliphatic carbocycles.